The van der Waals surface area contributed by atoms with Gasteiger partial charge in [0, 0.05) is 25.4 Å². The second kappa shape index (κ2) is 8.21. The number of hydrogen-bond acceptors (Lipinski definition) is 3. The average Bonchev–Trinajstić information content (AvgIpc) is 3.32. The summed E-state index contributed by atoms with van der Waals surface area (Å²) in [5.74, 6) is 0.179. The van der Waals surface area contributed by atoms with Crippen molar-refractivity contribution in [3.05, 3.63) is 42.0 Å². The first-order chi connectivity index (χ1) is 12.6. The second-order valence-corrected chi connectivity index (χ2v) is 6.67. The second-order valence-electron chi connectivity index (χ2n) is 6.67. The van der Waals surface area contributed by atoms with Crippen molar-refractivity contribution >= 4 is 11.8 Å². The maximum atomic E-state index is 13.1. The Bertz CT molecular complexity index is 750. The summed E-state index contributed by atoms with van der Waals surface area (Å²) in [6.07, 6.45) is 6.18. The summed E-state index contributed by atoms with van der Waals surface area (Å²) < 4.78 is 3.95. The summed E-state index contributed by atoms with van der Waals surface area (Å²) in [4.78, 5) is 26.4. The van der Waals surface area contributed by atoms with Gasteiger partial charge in [0.05, 0.1) is 31.0 Å². The highest BCUT2D eigenvalue weighted by Gasteiger charge is 2.28. The van der Waals surface area contributed by atoms with Crippen molar-refractivity contribution in [3.8, 4) is 0 Å². The lowest BCUT2D eigenvalue weighted by Crippen LogP contribution is -2.42. The monoisotopic (exact) mass is 357 g/mol. The van der Waals surface area contributed by atoms with Crippen LogP contribution < -0.4 is 5.32 Å². The summed E-state index contributed by atoms with van der Waals surface area (Å²) in [5, 5.41) is 7.39. The van der Waals surface area contributed by atoms with Gasteiger partial charge in [0.2, 0.25) is 11.8 Å². The van der Waals surface area contributed by atoms with Crippen molar-refractivity contribution in [1.29, 1.82) is 0 Å². The molecule has 26 heavy (non-hydrogen) atoms. The van der Waals surface area contributed by atoms with Crippen LogP contribution in [0, 0.1) is 0 Å². The Balaban J connectivity index is 1.68. The SMILES string of the molecule is CCC[C@@H](C(=O)N1CCn2nc(CNC(=O)CC)cc2C1)n1cccc1. The van der Waals surface area contributed by atoms with E-state index in [-0.39, 0.29) is 17.9 Å². The molecule has 1 atom stereocenters. The molecular weight excluding hydrogens is 330 g/mol. The molecule has 2 aromatic rings. The van der Waals surface area contributed by atoms with Gasteiger partial charge in [-0.1, -0.05) is 20.3 Å². The topological polar surface area (TPSA) is 72.2 Å². The molecule has 3 heterocycles. The lowest BCUT2D eigenvalue weighted by Gasteiger charge is -2.31. The Hall–Kier alpha value is -2.57. The van der Waals surface area contributed by atoms with Crippen molar-refractivity contribution in [2.24, 2.45) is 0 Å². The van der Waals surface area contributed by atoms with Crippen LogP contribution in [0.3, 0.4) is 0 Å². The van der Waals surface area contributed by atoms with Gasteiger partial charge in [-0.3, -0.25) is 14.3 Å². The number of fused-ring (bicyclic) bond motifs is 1. The third kappa shape index (κ3) is 3.98. The number of carbonyl (C=O) groups excluding carboxylic acids is 2. The number of aromatic nitrogens is 3. The zero-order chi connectivity index (χ0) is 18.5. The van der Waals surface area contributed by atoms with Gasteiger partial charge in [-0.25, -0.2) is 0 Å². The summed E-state index contributed by atoms with van der Waals surface area (Å²) >= 11 is 0. The van der Waals surface area contributed by atoms with Crippen molar-refractivity contribution in [3.63, 3.8) is 0 Å². The molecule has 0 aromatic carbocycles. The molecule has 1 N–H and O–H groups in total. The molecule has 3 rings (SSSR count). The predicted molar refractivity (Wildman–Crippen MR) is 98.2 cm³/mol. The molecule has 0 fully saturated rings. The van der Waals surface area contributed by atoms with E-state index in [0.717, 1.165) is 24.2 Å². The van der Waals surface area contributed by atoms with E-state index in [1.807, 2.05) is 51.7 Å². The first kappa shape index (κ1) is 18.2. The standard InChI is InChI=1S/C19H27N5O2/c1-3-7-17(22-8-5-6-9-22)19(26)23-10-11-24-16(14-23)12-15(21-24)13-20-18(25)4-2/h5-6,8-9,12,17H,3-4,7,10-11,13-14H2,1-2H3,(H,20,25)/t17-/m0/s1. The molecule has 0 spiro atoms. The van der Waals surface area contributed by atoms with Gasteiger partial charge in [0.1, 0.15) is 6.04 Å². The van der Waals surface area contributed by atoms with Gasteiger partial charge >= 0.3 is 0 Å². The van der Waals surface area contributed by atoms with E-state index in [2.05, 4.69) is 17.3 Å². The van der Waals surface area contributed by atoms with E-state index in [9.17, 15) is 9.59 Å². The number of hydrogen-bond donors (Lipinski definition) is 1. The van der Waals surface area contributed by atoms with E-state index in [0.29, 0.717) is 32.6 Å². The van der Waals surface area contributed by atoms with Crippen molar-refractivity contribution in [1.82, 2.24) is 24.6 Å². The van der Waals surface area contributed by atoms with Crippen LogP contribution in [-0.2, 0) is 29.2 Å². The highest BCUT2D eigenvalue weighted by molar-refractivity contribution is 5.80. The van der Waals surface area contributed by atoms with Crippen LogP contribution in [0.4, 0.5) is 0 Å². The van der Waals surface area contributed by atoms with Gasteiger partial charge in [-0.15, -0.1) is 0 Å². The molecule has 0 aliphatic carbocycles. The van der Waals surface area contributed by atoms with Crippen molar-refractivity contribution in [2.45, 2.75) is 58.8 Å². The van der Waals surface area contributed by atoms with E-state index in [4.69, 9.17) is 0 Å². The van der Waals surface area contributed by atoms with E-state index in [1.54, 1.807) is 0 Å². The molecule has 2 amide bonds. The van der Waals surface area contributed by atoms with Gasteiger partial charge in [-0.05, 0) is 24.6 Å². The van der Waals surface area contributed by atoms with Crippen LogP contribution in [0.5, 0.6) is 0 Å². The lowest BCUT2D eigenvalue weighted by molar-refractivity contribution is -0.136. The first-order valence-electron chi connectivity index (χ1n) is 9.36. The van der Waals surface area contributed by atoms with E-state index >= 15 is 0 Å². The Morgan fingerprint density at radius 2 is 2.00 bits per heavy atom. The fraction of sp³-hybridized carbons (Fsp3) is 0.526. The maximum Gasteiger partial charge on any atom is 0.246 e. The fourth-order valence-electron chi connectivity index (χ4n) is 3.35. The minimum Gasteiger partial charge on any atom is -0.350 e. The molecule has 7 heteroatoms. The number of carbonyl (C=O) groups is 2. The fourth-order valence-corrected chi connectivity index (χ4v) is 3.35. The van der Waals surface area contributed by atoms with Crippen LogP contribution in [0.1, 0.15) is 50.5 Å². The molecular formula is C19H27N5O2. The average molecular weight is 357 g/mol. The molecule has 1 aliphatic heterocycles. The number of rotatable bonds is 7. The number of nitrogens with zero attached hydrogens (tertiary/aromatic N) is 4. The summed E-state index contributed by atoms with van der Waals surface area (Å²) in [5.41, 5.74) is 1.86. The van der Waals surface area contributed by atoms with Crippen LogP contribution >= 0.6 is 0 Å². The quantitative estimate of drug-likeness (QED) is 0.825. The minimum atomic E-state index is -0.146. The lowest BCUT2D eigenvalue weighted by atomic mass is 10.1. The molecule has 0 bridgehead atoms. The third-order valence-electron chi connectivity index (χ3n) is 4.78. The Labute approximate surface area is 154 Å². The Morgan fingerprint density at radius 3 is 2.69 bits per heavy atom. The van der Waals surface area contributed by atoms with Gasteiger partial charge in [0.15, 0.2) is 0 Å². The summed E-state index contributed by atoms with van der Waals surface area (Å²) in [7, 11) is 0. The van der Waals surface area contributed by atoms with Crippen LogP contribution in [0.2, 0.25) is 0 Å². The largest absolute Gasteiger partial charge is 0.350 e. The van der Waals surface area contributed by atoms with Crippen LogP contribution in [0.25, 0.3) is 0 Å². The smallest absolute Gasteiger partial charge is 0.246 e. The van der Waals surface area contributed by atoms with E-state index in [1.165, 1.54) is 0 Å². The molecule has 7 nitrogen and oxygen atoms in total. The van der Waals surface area contributed by atoms with Crippen LogP contribution in [0.15, 0.2) is 30.6 Å². The number of amides is 2. The highest BCUT2D eigenvalue weighted by atomic mass is 16.2. The highest BCUT2D eigenvalue weighted by Crippen LogP contribution is 2.21. The van der Waals surface area contributed by atoms with E-state index < -0.39 is 0 Å². The molecule has 0 unspecified atom stereocenters. The molecule has 2 aromatic heterocycles. The third-order valence-corrected chi connectivity index (χ3v) is 4.78. The van der Waals surface area contributed by atoms with Crippen molar-refractivity contribution < 1.29 is 9.59 Å². The zero-order valence-corrected chi connectivity index (χ0v) is 15.5. The Morgan fingerprint density at radius 1 is 1.23 bits per heavy atom. The molecule has 1 aliphatic rings. The number of nitrogens with one attached hydrogen (secondary N) is 1. The van der Waals surface area contributed by atoms with Gasteiger partial charge in [-0.2, -0.15) is 5.10 Å². The Kier molecular flexibility index (Phi) is 5.75. The molecule has 0 radical (unpaired) electrons. The minimum absolute atomic E-state index is 0.0157. The zero-order valence-electron chi connectivity index (χ0n) is 15.5. The summed E-state index contributed by atoms with van der Waals surface area (Å²) in [6.45, 7) is 6.28. The first-order valence-corrected chi connectivity index (χ1v) is 9.36. The maximum absolute atomic E-state index is 13.1. The van der Waals surface area contributed by atoms with Crippen LogP contribution in [-0.4, -0.2) is 37.6 Å². The molecule has 0 saturated heterocycles. The van der Waals surface area contributed by atoms with Gasteiger partial charge in [0.25, 0.3) is 0 Å². The predicted octanol–water partition coefficient (Wildman–Crippen LogP) is 2.09. The van der Waals surface area contributed by atoms with Gasteiger partial charge < -0.3 is 14.8 Å². The summed E-state index contributed by atoms with van der Waals surface area (Å²) in [6, 6.07) is 5.75. The molecule has 140 valence electrons. The normalized spacial score (nSPS) is 14.8. The van der Waals surface area contributed by atoms with Crippen molar-refractivity contribution in [2.75, 3.05) is 6.54 Å². The molecule has 0 saturated carbocycles.